The maximum absolute atomic E-state index is 12.1. The van der Waals surface area contributed by atoms with Gasteiger partial charge in [-0.05, 0) is 48.6 Å². The SMILES string of the molecule is CCCCCc1cnc(-c2ccc(OC(=O)C(Br)C(C)CC)cc2)nc1. The summed E-state index contributed by atoms with van der Waals surface area (Å²) >= 11 is 3.41. The fourth-order valence-corrected chi connectivity index (χ4v) is 2.96. The first-order valence-corrected chi connectivity index (χ1v) is 10.2. The summed E-state index contributed by atoms with van der Waals surface area (Å²) in [5.41, 5.74) is 2.07. The fraction of sp³-hybridized carbons (Fsp3) is 0.476. The number of halogens is 1. The van der Waals surface area contributed by atoms with Crippen LogP contribution in [0.2, 0.25) is 0 Å². The van der Waals surface area contributed by atoms with Crippen LogP contribution in [-0.4, -0.2) is 20.8 Å². The Morgan fingerprint density at radius 3 is 2.35 bits per heavy atom. The maximum atomic E-state index is 12.1. The van der Waals surface area contributed by atoms with Gasteiger partial charge in [-0.3, -0.25) is 4.79 Å². The van der Waals surface area contributed by atoms with Crippen molar-refractivity contribution in [2.75, 3.05) is 0 Å². The van der Waals surface area contributed by atoms with Crippen molar-refractivity contribution in [1.82, 2.24) is 9.97 Å². The van der Waals surface area contributed by atoms with E-state index in [4.69, 9.17) is 4.74 Å². The van der Waals surface area contributed by atoms with Crippen LogP contribution < -0.4 is 4.74 Å². The molecule has 0 aliphatic heterocycles. The number of nitrogens with zero attached hydrogens (tertiary/aromatic N) is 2. The average molecular weight is 419 g/mol. The van der Waals surface area contributed by atoms with E-state index < -0.39 is 0 Å². The summed E-state index contributed by atoms with van der Waals surface area (Å²) in [6.45, 7) is 6.27. The Hall–Kier alpha value is -1.75. The summed E-state index contributed by atoms with van der Waals surface area (Å²) < 4.78 is 5.44. The first-order chi connectivity index (χ1) is 12.5. The fourth-order valence-electron chi connectivity index (χ4n) is 2.50. The van der Waals surface area contributed by atoms with E-state index in [1.165, 1.54) is 24.8 Å². The van der Waals surface area contributed by atoms with Crippen LogP contribution in [0, 0.1) is 5.92 Å². The van der Waals surface area contributed by atoms with Crippen LogP contribution in [0.25, 0.3) is 11.4 Å². The van der Waals surface area contributed by atoms with Crippen molar-refractivity contribution in [3.63, 3.8) is 0 Å². The molecule has 2 aromatic rings. The van der Waals surface area contributed by atoms with Crippen LogP contribution >= 0.6 is 15.9 Å². The van der Waals surface area contributed by atoms with Gasteiger partial charge in [0.25, 0.3) is 0 Å². The highest BCUT2D eigenvalue weighted by atomic mass is 79.9. The number of hydrogen-bond acceptors (Lipinski definition) is 4. The molecule has 2 unspecified atom stereocenters. The maximum Gasteiger partial charge on any atom is 0.325 e. The zero-order chi connectivity index (χ0) is 18.9. The first kappa shape index (κ1) is 20.6. The molecule has 0 radical (unpaired) electrons. The van der Waals surface area contributed by atoms with Crippen molar-refractivity contribution >= 4 is 21.9 Å². The minimum Gasteiger partial charge on any atom is -0.426 e. The van der Waals surface area contributed by atoms with Gasteiger partial charge in [0.05, 0.1) is 0 Å². The lowest BCUT2D eigenvalue weighted by Gasteiger charge is -2.15. The van der Waals surface area contributed by atoms with E-state index >= 15 is 0 Å². The first-order valence-electron chi connectivity index (χ1n) is 9.32. The standard InChI is InChI=1S/C21H27BrN2O2/c1-4-6-7-8-16-13-23-20(24-14-16)17-9-11-18(12-10-17)26-21(25)19(22)15(3)5-2/h9-15,19H,4-8H2,1-3H3. The predicted octanol–water partition coefficient (Wildman–Crippen LogP) is 5.59. The molecular weight excluding hydrogens is 392 g/mol. The van der Waals surface area contributed by atoms with Crippen molar-refractivity contribution in [3.8, 4) is 17.1 Å². The Morgan fingerprint density at radius 1 is 1.12 bits per heavy atom. The molecule has 26 heavy (non-hydrogen) atoms. The van der Waals surface area contributed by atoms with Crippen LogP contribution in [0.3, 0.4) is 0 Å². The van der Waals surface area contributed by atoms with E-state index in [9.17, 15) is 4.79 Å². The van der Waals surface area contributed by atoms with Crippen LogP contribution in [0.15, 0.2) is 36.7 Å². The highest BCUT2D eigenvalue weighted by molar-refractivity contribution is 9.10. The Bertz CT molecular complexity index is 686. The van der Waals surface area contributed by atoms with E-state index in [1.807, 2.05) is 31.5 Å². The zero-order valence-corrected chi connectivity index (χ0v) is 17.3. The van der Waals surface area contributed by atoms with E-state index in [0.29, 0.717) is 11.6 Å². The van der Waals surface area contributed by atoms with Crippen LogP contribution in [0.1, 0.15) is 52.0 Å². The molecule has 2 rings (SSSR count). The van der Waals surface area contributed by atoms with Gasteiger partial charge in [-0.15, -0.1) is 0 Å². The van der Waals surface area contributed by atoms with Gasteiger partial charge in [0, 0.05) is 18.0 Å². The number of aromatic nitrogens is 2. The van der Waals surface area contributed by atoms with Gasteiger partial charge < -0.3 is 4.74 Å². The Kier molecular flexibility index (Phi) is 8.23. The Balaban J connectivity index is 1.97. The van der Waals surface area contributed by atoms with Gasteiger partial charge in [0.1, 0.15) is 10.6 Å². The molecule has 0 saturated carbocycles. The lowest BCUT2D eigenvalue weighted by molar-refractivity contribution is -0.134. The third kappa shape index (κ3) is 5.90. The molecule has 0 amide bonds. The van der Waals surface area contributed by atoms with Gasteiger partial charge in [0.2, 0.25) is 0 Å². The molecule has 0 N–H and O–H groups in total. The molecule has 0 bridgehead atoms. The van der Waals surface area contributed by atoms with Crippen molar-refractivity contribution < 1.29 is 9.53 Å². The van der Waals surface area contributed by atoms with E-state index in [1.54, 1.807) is 12.1 Å². The summed E-state index contributed by atoms with van der Waals surface area (Å²) in [6, 6.07) is 7.31. The summed E-state index contributed by atoms with van der Waals surface area (Å²) in [4.78, 5) is 20.7. The third-order valence-corrected chi connectivity index (χ3v) is 5.75. The van der Waals surface area contributed by atoms with Gasteiger partial charge in [0.15, 0.2) is 5.82 Å². The smallest absolute Gasteiger partial charge is 0.325 e. The van der Waals surface area contributed by atoms with E-state index in [-0.39, 0.29) is 16.7 Å². The molecule has 140 valence electrons. The molecule has 5 heteroatoms. The zero-order valence-electron chi connectivity index (χ0n) is 15.7. The van der Waals surface area contributed by atoms with Crippen LogP contribution in [0.4, 0.5) is 0 Å². The van der Waals surface area contributed by atoms with Crippen molar-refractivity contribution in [3.05, 3.63) is 42.2 Å². The molecule has 4 nitrogen and oxygen atoms in total. The summed E-state index contributed by atoms with van der Waals surface area (Å²) in [6.07, 6.45) is 9.34. The van der Waals surface area contributed by atoms with Crippen molar-refractivity contribution in [1.29, 1.82) is 0 Å². The molecule has 0 aliphatic carbocycles. The molecular formula is C21H27BrN2O2. The third-order valence-electron chi connectivity index (χ3n) is 4.47. The number of unbranched alkanes of at least 4 members (excludes halogenated alkanes) is 2. The minimum atomic E-state index is -0.296. The molecule has 0 saturated heterocycles. The van der Waals surface area contributed by atoms with E-state index in [0.717, 1.165) is 18.4 Å². The van der Waals surface area contributed by atoms with Crippen molar-refractivity contribution in [2.45, 2.75) is 57.7 Å². The second-order valence-corrected chi connectivity index (χ2v) is 7.59. The summed E-state index contributed by atoms with van der Waals surface area (Å²) in [7, 11) is 0. The molecule has 0 aliphatic rings. The number of alkyl halides is 1. The number of aryl methyl sites for hydroxylation is 1. The lowest BCUT2D eigenvalue weighted by Crippen LogP contribution is -2.26. The predicted molar refractivity (Wildman–Crippen MR) is 109 cm³/mol. The number of carbonyl (C=O) groups is 1. The Morgan fingerprint density at radius 2 is 1.77 bits per heavy atom. The number of hydrogen-bond donors (Lipinski definition) is 0. The van der Waals surface area contributed by atoms with Crippen molar-refractivity contribution in [2.24, 2.45) is 5.92 Å². The van der Waals surface area contributed by atoms with Crippen LogP contribution in [-0.2, 0) is 11.2 Å². The molecule has 1 aromatic heterocycles. The molecule has 0 spiro atoms. The monoisotopic (exact) mass is 418 g/mol. The number of ether oxygens (including phenoxy) is 1. The number of benzene rings is 1. The van der Waals surface area contributed by atoms with Gasteiger partial charge in [-0.2, -0.15) is 0 Å². The second kappa shape index (κ2) is 10.4. The highest BCUT2D eigenvalue weighted by Gasteiger charge is 2.22. The van der Waals surface area contributed by atoms with Gasteiger partial charge in [-0.1, -0.05) is 56.0 Å². The number of carbonyl (C=O) groups excluding carboxylic acids is 1. The minimum absolute atomic E-state index is 0.228. The normalized spacial score (nSPS) is 13.2. The largest absolute Gasteiger partial charge is 0.426 e. The van der Waals surface area contributed by atoms with Crippen LogP contribution in [0.5, 0.6) is 5.75 Å². The van der Waals surface area contributed by atoms with Gasteiger partial charge in [-0.25, -0.2) is 9.97 Å². The average Bonchev–Trinajstić information content (AvgIpc) is 2.68. The molecule has 1 heterocycles. The summed E-state index contributed by atoms with van der Waals surface area (Å²) in [5.74, 6) is 1.17. The lowest BCUT2D eigenvalue weighted by atomic mass is 10.1. The number of rotatable bonds is 9. The molecule has 0 fully saturated rings. The molecule has 2 atom stereocenters. The summed E-state index contributed by atoms with van der Waals surface area (Å²) in [5, 5.41) is 0. The quantitative estimate of drug-likeness (QED) is 0.230. The van der Waals surface area contributed by atoms with Gasteiger partial charge >= 0.3 is 5.97 Å². The topological polar surface area (TPSA) is 52.1 Å². The highest BCUT2D eigenvalue weighted by Crippen LogP contribution is 2.22. The second-order valence-electron chi connectivity index (χ2n) is 6.60. The Labute approximate surface area is 164 Å². The molecule has 1 aromatic carbocycles. The van der Waals surface area contributed by atoms with E-state index in [2.05, 4.69) is 39.7 Å². The number of esters is 1.